The van der Waals surface area contributed by atoms with E-state index in [1.807, 2.05) is 4.57 Å². The minimum absolute atomic E-state index is 0.0718. The smallest absolute Gasteiger partial charge is 0.278 e. The van der Waals surface area contributed by atoms with E-state index in [2.05, 4.69) is 15.0 Å². The summed E-state index contributed by atoms with van der Waals surface area (Å²) in [5, 5.41) is 18.8. The van der Waals surface area contributed by atoms with Gasteiger partial charge < -0.3 is 19.8 Å². The molecule has 108 valence electrons. The lowest BCUT2D eigenvalue weighted by atomic mass is 9.77. The summed E-state index contributed by atoms with van der Waals surface area (Å²) < 4.78 is 1.92. The maximum Gasteiger partial charge on any atom is 0.278 e. The van der Waals surface area contributed by atoms with Gasteiger partial charge in [0.05, 0.1) is 12.7 Å². The summed E-state index contributed by atoms with van der Waals surface area (Å²) in [7, 11) is 0. The lowest BCUT2D eigenvalue weighted by Gasteiger charge is -2.34. The van der Waals surface area contributed by atoms with Gasteiger partial charge in [-0.3, -0.25) is 4.79 Å². The molecule has 20 heavy (non-hydrogen) atoms. The molecule has 3 N–H and O–H groups in total. The zero-order valence-electron chi connectivity index (χ0n) is 11.1. The first-order valence-corrected chi connectivity index (χ1v) is 6.86. The van der Waals surface area contributed by atoms with Gasteiger partial charge in [-0.1, -0.05) is 0 Å². The molecule has 2 aromatic heterocycles. The van der Waals surface area contributed by atoms with E-state index in [9.17, 15) is 15.0 Å². The SMILES string of the molecule is O=c1[nH]cnc2c1ncn2C1CCC(CO)C(CO)C1. The van der Waals surface area contributed by atoms with Crippen molar-refractivity contribution in [2.24, 2.45) is 11.8 Å². The van der Waals surface area contributed by atoms with E-state index in [1.165, 1.54) is 6.33 Å². The van der Waals surface area contributed by atoms with Crippen LogP contribution in [0.4, 0.5) is 0 Å². The molecule has 0 radical (unpaired) electrons. The van der Waals surface area contributed by atoms with Crippen LogP contribution >= 0.6 is 0 Å². The number of hydrogen-bond donors (Lipinski definition) is 3. The van der Waals surface area contributed by atoms with E-state index in [-0.39, 0.29) is 36.7 Å². The second-order valence-corrected chi connectivity index (χ2v) is 5.41. The standard InChI is InChI=1S/C13H18N4O3/c18-4-8-1-2-10(3-9(8)5-19)17-7-16-11-12(17)14-6-15-13(11)20/h6-10,18-19H,1-5H2,(H,14,15,20). The zero-order valence-corrected chi connectivity index (χ0v) is 11.1. The summed E-state index contributed by atoms with van der Waals surface area (Å²) >= 11 is 0. The fourth-order valence-electron chi connectivity index (χ4n) is 3.15. The van der Waals surface area contributed by atoms with Gasteiger partial charge in [0.1, 0.15) is 0 Å². The number of aliphatic hydroxyl groups excluding tert-OH is 2. The Balaban J connectivity index is 1.92. The molecule has 1 saturated carbocycles. The van der Waals surface area contributed by atoms with Crippen LogP contribution in [0, 0.1) is 11.8 Å². The summed E-state index contributed by atoms with van der Waals surface area (Å²) in [6.45, 7) is 0.183. The van der Waals surface area contributed by atoms with Crippen LogP contribution in [0.5, 0.6) is 0 Å². The number of imidazole rings is 1. The van der Waals surface area contributed by atoms with Gasteiger partial charge in [0.15, 0.2) is 11.2 Å². The van der Waals surface area contributed by atoms with Gasteiger partial charge >= 0.3 is 0 Å². The Bertz CT molecular complexity index is 650. The molecule has 7 heteroatoms. The van der Waals surface area contributed by atoms with E-state index in [0.717, 1.165) is 19.3 Å². The molecule has 0 saturated heterocycles. The number of rotatable bonds is 3. The van der Waals surface area contributed by atoms with Crippen LogP contribution in [0.3, 0.4) is 0 Å². The van der Waals surface area contributed by atoms with E-state index in [4.69, 9.17) is 0 Å². The summed E-state index contributed by atoms with van der Waals surface area (Å²) in [5.41, 5.74) is 0.687. The molecule has 7 nitrogen and oxygen atoms in total. The Morgan fingerprint density at radius 3 is 2.80 bits per heavy atom. The average molecular weight is 278 g/mol. The van der Waals surface area contributed by atoms with Gasteiger partial charge in [-0.15, -0.1) is 0 Å². The monoisotopic (exact) mass is 278 g/mol. The third-order valence-electron chi connectivity index (χ3n) is 4.34. The third-order valence-corrected chi connectivity index (χ3v) is 4.34. The first-order valence-electron chi connectivity index (χ1n) is 6.86. The molecule has 0 amide bonds. The van der Waals surface area contributed by atoms with Crippen LogP contribution < -0.4 is 5.56 Å². The number of aliphatic hydroxyl groups is 2. The predicted molar refractivity (Wildman–Crippen MR) is 72.2 cm³/mol. The second-order valence-electron chi connectivity index (χ2n) is 5.41. The van der Waals surface area contributed by atoms with Gasteiger partial charge in [0, 0.05) is 19.3 Å². The van der Waals surface area contributed by atoms with Crippen molar-refractivity contribution in [1.82, 2.24) is 19.5 Å². The Morgan fingerprint density at radius 1 is 1.25 bits per heavy atom. The minimum Gasteiger partial charge on any atom is -0.396 e. The van der Waals surface area contributed by atoms with Gasteiger partial charge in [-0.2, -0.15) is 0 Å². The highest BCUT2D eigenvalue weighted by Crippen LogP contribution is 2.37. The molecule has 3 unspecified atom stereocenters. The molecule has 1 aliphatic rings. The molecule has 0 aliphatic heterocycles. The Morgan fingerprint density at radius 2 is 2.05 bits per heavy atom. The Kier molecular flexibility index (Phi) is 3.54. The van der Waals surface area contributed by atoms with Crippen LogP contribution in [0.25, 0.3) is 11.2 Å². The molecule has 0 aromatic carbocycles. The van der Waals surface area contributed by atoms with Crippen molar-refractivity contribution in [2.45, 2.75) is 25.3 Å². The predicted octanol–water partition coefficient (Wildman–Crippen LogP) is 0.0616. The van der Waals surface area contributed by atoms with Crippen LogP contribution in [-0.4, -0.2) is 42.9 Å². The number of nitrogens with zero attached hydrogens (tertiary/aromatic N) is 3. The summed E-state index contributed by atoms with van der Waals surface area (Å²) in [6, 6.07) is 0.161. The average Bonchev–Trinajstić information content (AvgIpc) is 2.92. The minimum atomic E-state index is -0.239. The van der Waals surface area contributed by atoms with Crippen molar-refractivity contribution in [2.75, 3.05) is 13.2 Å². The molecule has 1 fully saturated rings. The summed E-state index contributed by atoms with van der Waals surface area (Å²) in [5.74, 6) is 0.237. The summed E-state index contributed by atoms with van der Waals surface area (Å²) in [4.78, 5) is 22.5. The van der Waals surface area contributed by atoms with E-state index in [1.54, 1.807) is 6.33 Å². The second kappa shape index (κ2) is 5.34. The quantitative estimate of drug-likeness (QED) is 0.736. The summed E-state index contributed by atoms with van der Waals surface area (Å²) in [6.07, 6.45) is 5.54. The molecule has 0 bridgehead atoms. The van der Waals surface area contributed by atoms with Crippen molar-refractivity contribution in [1.29, 1.82) is 0 Å². The maximum atomic E-state index is 11.6. The van der Waals surface area contributed by atoms with Crippen molar-refractivity contribution in [3.05, 3.63) is 23.0 Å². The number of hydrogen-bond acceptors (Lipinski definition) is 5. The number of aromatic nitrogens is 4. The maximum absolute atomic E-state index is 11.6. The van der Waals surface area contributed by atoms with Gasteiger partial charge in [-0.25, -0.2) is 9.97 Å². The topological polar surface area (TPSA) is 104 Å². The third kappa shape index (κ3) is 2.12. The van der Waals surface area contributed by atoms with Crippen molar-refractivity contribution in [3.8, 4) is 0 Å². The van der Waals surface area contributed by atoms with Gasteiger partial charge in [-0.05, 0) is 31.1 Å². The molecule has 2 heterocycles. The lowest BCUT2D eigenvalue weighted by Crippen LogP contribution is -2.31. The first-order chi connectivity index (χ1) is 9.74. The van der Waals surface area contributed by atoms with Gasteiger partial charge in [0.2, 0.25) is 0 Å². The number of nitrogens with one attached hydrogen (secondary N) is 1. The lowest BCUT2D eigenvalue weighted by molar-refractivity contribution is 0.0678. The number of aromatic amines is 1. The number of H-pyrrole nitrogens is 1. The van der Waals surface area contributed by atoms with Gasteiger partial charge in [0.25, 0.3) is 5.56 Å². The van der Waals surface area contributed by atoms with Crippen molar-refractivity contribution < 1.29 is 10.2 Å². The fourth-order valence-corrected chi connectivity index (χ4v) is 3.15. The molecule has 3 rings (SSSR count). The largest absolute Gasteiger partial charge is 0.396 e. The number of fused-ring (bicyclic) bond motifs is 1. The Hall–Kier alpha value is -1.73. The molecule has 1 aliphatic carbocycles. The Labute approximate surface area is 115 Å². The van der Waals surface area contributed by atoms with E-state index >= 15 is 0 Å². The van der Waals surface area contributed by atoms with Crippen molar-refractivity contribution in [3.63, 3.8) is 0 Å². The first kappa shape index (κ1) is 13.3. The van der Waals surface area contributed by atoms with E-state index in [0.29, 0.717) is 11.2 Å². The van der Waals surface area contributed by atoms with Crippen LogP contribution in [0.1, 0.15) is 25.3 Å². The molecule has 3 atom stereocenters. The van der Waals surface area contributed by atoms with E-state index < -0.39 is 0 Å². The fraction of sp³-hybridized carbons (Fsp3) is 0.615. The highest BCUT2D eigenvalue weighted by Gasteiger charge is 2.31. The van der Waals surface area contributed by atoms with Crippen LogP contribution in [0.2, 0.25) is 0 Å². The highest BCUT2D eigenvalue weighted by molar-refractivity contribution is 5.68. The normalized spacial score (nSPS) is 27.0. The molecule has 2 aromatic rings. The zero-order chi connectivity index (χ0) is 14.1. The molecule has 0 spiro atoms. The highest BCUT2D eigenvalue weighted by atomic mass is 16.3. The van der Waals surface area contributed by atoms with Crippen LogP contribution in [-0.2, 0) is 0 Å². The molecular formula is C13H18N4O3. The molecular weight excluding hydrogens is 260 g/mol. The van der Waals surface area contributed by atoms with Crippen molar-refractivity contribution >= 4 is 11.2 Å². The van der Waals surface area contributed by atoms with Crippen LogP contribution in [0.15, 0.2) is 17.4 Å².